The van der Waals surface area contributed by atoms with Crippen molar-refractivity contribution in [3.05, 3.63) is 42.0 Å². The van der Waals surface area contributed by atoms with Crippen molar-refractivity contribution in [2.45, 2.75) is 13.3 Å². The maximum atomic E-state index is 6.28. The predicted octanol–water partition coefficient (Wildman–Crippen LogP) is 3.63. The Hall–Kier alpha value is -2.16. The standard InChI is InChI=1S/C18H25N3/c1-6-13-11-14(20(2)3)7-9-16(13)17-10-8-15(21(4)5)12-18(17)19/h7-12H,6,19H2,1-5H3. The normalized spacial score (nSPS) is 10.5. The average molecular weight is 283 g/mol. The van der Waals surface area contributed by atoms with Gasteiger partial charge < -0.3 is 15.5 Å². The molecular formula is C18H25N3. The Kier molecular flexibility index (Phi) is 4.41. The monoisotopic (exact) mass is 283 g/mol. The van der Waals surface area contributed by atoms with Gasteiger partial charge in [0.05, 0.1) is 0 Å². The van der Waals surface area contributed by atoms with E-state index in [9.17, 15) is 0 Å². The lowest BCUT2D eigenvalue weighted by Gasteiger charge is -2.19. The minimum atomic E-state index is 0.827. The van der Waals surface area contributed by atoms with Crippen LogP contribution in [0.25, 0.3) is 11.1 Å². The fourth-order valence-corrected chi connectivity index (χ4v) is 2.49. The number of anilines is 3. The van der Waals surface area contributed by atoms with Crippen molar-refractivity contribution in [2.75, 3.05) is 43.7 Å². The molecule has 0 bridgehead atoms. The molecule has 2 rings (SSSR count). The van der Waals surface area contributed by atoms with Crippen molar-refractivity contribution in [3.8, 4) is 11.1 Å². The summed E-state index contributed by atoms with van der Waals surface area (Å²) in [6.45, 7) is 2.18. The van der Waals surface area contributed by atoms with Gasteiger partial charge >= 0.3 is 0 Å². The highest BCUT2D eigenvalue weighted by Gasteiger charge is 2.10. The molecule has 21 heavy (non-hydrogen) atoms. The second kappa shape index (κ2) is 6.08. The quantitative estimate of drug-likeness (QED) is 0.870. The van der Waals surface area contributed by atoms with Crippen LogP contribution >= 0.6 is 0 Å². The van der Waals surface area contributed by atoms with E-state index in [1.807, 2.05) is 20.2 Å². The van der Waals surface area contributed by atoms with E-state index in [1.165, 1.54) is 16.8 Å². The molecule has 0 radical (unpaired) electrons. The number of nitrogen functional groups attached to an aromatic ring is 1. The molecule has 0 aliphatic rings. The molecule has 0 heterocycles. The Morgan fingerprint density at radius 2 is 1.33 bits per heavy atom. The lowest BCUT2D eigenvalue weighted by molar-refractivity contribution is 1.10. The van der Waals surface area contributed by atoms with Gasteiger partial charge in [0.1, 0.15) is 0 Å². The first-order chi connectivity index (χ1) is 9.93. The zero-order valence-electron chi connectivity index (χ0n) is 13.6. The van der Waals surface area contributed by atoms with Crippen LogP contribution in [0.15, 0.2) is 36.4 Å². The summed E-state index contributed by atoms with van der Waals surface area (Å²) in [5.74, 6) is 0. The summed E-state index contributed by atoms with van der Waals surface area (Å²) in [5, 5.41) is 0. The summed E-state index contributed by atoms with van der Waals surface area (Å²) in [4.78, 5) is 4.19. The minimum absolute atomic E-state index is 0.827. The Morgan fingerprint density at radius 3 is 1.81 bits per heavy atom. The number of hydrogen-bond acceptors (Lipinski definition) is 3. The van der Waals surface area contributed by atoms with Crippen LogP contribution in [-0.2, 0) is 6.42 Å². The highest BCUT2D eigenvalue weighted by atomic mass is 15.1. The molecule has 0 unspecified atom stereocenters. The van der Waals surface area contributed by atoms with Gasteiger partial charge in [-0.15, -0.1) is 0 Å². The number of rotatable bonds is 4. The molecule has 112 valence electrons. The van der Waals surface area contributed by atoms with Gasteiger partial charge in [0.15, 0.2) is 0 Å². The molecule has 3 heteroatoms. The molecule has 0 aliphatic carbocycles. The van der Waals surface area contributed by atoms with Crippen LogP contribution in [-0.4, -0.2) is 28.2 Å². The Balaban J connectivity index is 2.51. The van der Waals surface area contributed by atoms with E-state index in [4.69, 9.17) is 5.73 Å². The third-order valence-electron chi connectivity index (χ3n) is 3.83. The smallest absolute Gasteiger partial charge is 0.0414 e. The lowest BCUT2D eigenvalue weighted by atomic mass is 9.95. The SMILES string of the molecule is CCc1cc(N(C)C)ccc1-c1ccc(N(C)C)cc1N. The third kappa shape index (κ3) is 3.13. The first kappa shape index (κ1) is 15.2. The molecule has 3 nitrogen and oxygen atoms in total. The van der Waals surface area contributed by atoms with E-state index < -0.39 is 0 Å². The predicted molar refractivity (Wildman–Crippen MR) is 94.3 cm³/mol. The van der Waals surface area contributed by atoms with Crippen molar-refractivity contribution in [3.63, 3.8) is 0 Å². The second-order valence-electron chi connectivity index (χ2n) is 5.76. The molecule has 0 saturated heterocycles. The molecule has 2 aromatic carbocycles. The topological polar surface area (TPSA) is 32.5 Å². The maximum Gasteiger partial charge on any atom is 0.0414 e. The van der Waals surface area contributed by atoms with Crippen LogP contribution < -0.4 is 15.5 Å². The third-order valence-corrected chi connectivity index (χ3v) is 3.83. The van der Waals surface area contributed by atoms with Gasteiger partial charge in [-0.2, -0.15) is 0 Å². The summed E-state index contributed by atoms with van der Waals surface area (Å²) >= 11 is 0. The van der Waals surface area contributed by atoms with Gasteiger partial charge in [-0.05, 0) is 41.8 Å². The summed E-state index contributed by atoms with van der Waals surface area (Å²) < 4.78 is 0. The van der Waals surface area contributed by atoms with E-state index in [0.717, 1.165) is 23.4 Å². The number of benzene rings is 2. The van der Waals surface area contributed by atoms with E-state index in [2.05, 4.69) is 61.2 Å². The highest BCUT2D eigenvalue weighted by Crippen LogP contribution is 2.33. The number of nitrogens with zero attached hydrogens (tertiary/aromatic N) is 2. The van der Waals surface area contributed by atoms with Gasteiger partial charge in [0.25, 0.3) is 0 Å². The first-order valence-electron chi connectivity index (χ1n) is 7.31. The lowest BCUT2D eigenvalue weighted by Crippen LogP contribution is -2.10. The van der Waals surface area contributed by atoms with E-state index in [-0.39, 0.29) is 0 Å². The number of nitrogens with two attached hydrogens (primary N) is 1. The Labute approximate surface area is 128 Å². The number of aryl methyl sites for hydroxylation is 1. The zero-order valence-corrected chi connectivity index (χ0v) is 13.6. The van der Waals surface area contributed by atoms with Crippen LogP contribution in [0.1, 0.15) is 12.5 Å². The molecule has 0 aliphatic heterocycles. The summed E-state index contributed by atoms with van der Waals surface area (Å²) in [7, 11) is 8.18. The minimum Gasteiger partial charge on any atom is -0.398 e. The molecule has 0 fully saturated rings. The van der Waals surface area contributed by atoms with Gasteiger partial charge in [-0.1, -0.05) is 19.1 Å². The van der Waals surface area contributed by atoms with Gasteiger partial charge in [0, 0.05) is 50.8 Å². The van der Waals surface area contributed by atoms with Gasteiger partial charge in [-0.25, -0.2) is 0 Å². The molecule has 0 spiro atoms. The zero-order chi connectivity index (χ0) is 15.6. The molecule has 0 saturated carbocycles. The fraction of sp³-hybridized carbons (Fsp3) is 0.333. The van der Waals surface area contributed by atoms with Crippen molar-refractivity contribution in [2.24, 2.45) is 0 Å². The largest absolute Gasteiger partial charge is 0.398 e. The Morgan fingerprint density at radius 1 is 0.810 bits per heavy atom. The summed E-state index contributed by atoms with van der Waals surface area (Å²) in [6.07, 6.45) is 0.992. The molecule has 0 aromatic heterocycles. The van der Waals surface area contributed by atoms with Crippen LogP contribution in [0.3, 0.4) is 0 Å². The van der Waals surface area contributed by atoms with E-state index in [1.54, 1.807) is 0 Å². The molecule has 2 aromatic rings. The van der Waals surface area contributed by atoms with Crippen LogP contribution in [0.5, 0.6) is 0 Å². The average Bonchev–Trinajstić information content (AvgIpc) is 2.46. The highest BCUT2D eigenvalue weighted by molar-refractivity contribution is 5.82. The van der Waals surface area contributed by atoms with E-state index in [0.29, 0.717) is 0 Å². The second-order valence-corrected chi connectivity index (χ2v) is 5.76. The molecular weight excluding hydrogens is 258 g/mol. The Bertz CT molecular complexity index is 630. The number of hydrogen-bond donors (Lipinski definition) is 1. The summed E-state index contributed by atoms with van der Waals surface area (Å²) in [5.41, 5.74) is 13.1. The first-order valence-corrected chi connectivity index (χ1v) is 7.31. The van der Waals surface area contributed by atoms with Gasteiger partial charge in [0.2, 0.25) is 0 Å². The molecule has 0 atom stereocenters. The van der Waals surface area contributed by atoms with Crippen molar-refractivity contribution in [1.29, 1.82) is 0 Å². The van der Waals surface area contributed by atoms with Crippen molar-refractivity contribution < 1.29 is 0 Å². The van der Waals surface area contributed by atoms with Crippen LogP contribution in [0.2, 0.25) is 0 Å². The fourth-order valence-electron chi connectivity index (χ4n) is 2.49. The summed E-state index contributed by atoms with van der Waals surface area (Å²) in [6, 6.07) is 12.8. The van der Waals surface area contributed by atoms with Crippen molar-refractivity contribution in [1.82, 2.24) is 0 Å². The molecule has 0 amide bonds. The van der Waals surface area contributed by atoms with E-state index >= 15 is 0 Å². The maximum absolute atomic E-state index is 6.28. The van der Waals surface area contributed by atoms with Crippen LogP contribution in [0, 0.1) is 0 Å². The van der Waals surface area contributed by atoms with Gasteiger partial charge in [-0.3, -0.25) is 0 Å². The molecule has 2 N–H and O–H groups in total. The van der Waals surface area contributed by atoms with Crippen molar-refractivity contribution >= 4 is 17.1 Å². The van der Waals surface area contributed by atoms with Crippen LogP contribution in [0.4, 0.5) is 17.1 Å².